The third-order valence-electron chi connectivity index (χ3n) is 6.91. The van der Waals surface area contributed by atoms with Gasteiger partial charge in [0.2, 0.25) is 11.5 Å². The first-order chi connectivity index (χ1) is 17.4. The maximum Gasteiger partial charge on any atom is 0.263 e. The van der Waals surface area contributed by atoms with Gasteiger partial charge >= 0.3 is 0 Å². The molecule has 1 aliphatic rings. The molecule has 0 aliphatic carbocycles. The molecule has 0 spiro atoms. The van der Waals surface area contributed by atoms with Gasteiger partial charge in [0, 0.05) is 11.6 Å². The quantitative estimate of drug-likeness (QED) is 0.163. The maximum absolute atomic E-state index is 13.1. The monoisotopic (exact) mass is 486 g/mol. The molecule has 7 nitrogen and oxygen atoms in total. The molecule has 1 aliphatic heterocycles. The fourth-order valence-electron chi connectivity index (χ4n) is 4.73. The van der Waals surface area contributed by atoms with Crippen LogP contribution in [0.25, 0.3) is 0 Å². The highest BCUT2D eigenvalue weighted by Gasteiger charge is 2.40. The van der Waals surface area contributed by atoms with Crippen molar-refractivity contribution < 1.29 is 14.4 Å². The van der Waals surface area contributed by atoms with Crippen molar-refractivity contribution >= 4 is 29.0 Å². The molecule has 2 aromatic carbocycles. The first-order valence-corrected chi connectivity index (χ1v) is 12.8. The van der Waals surface area contributed by atoms with Crippen molar-refractivity contribution in [3.63, 3.8) is 0 Å². The summed E-state index contributed by atoms with van der Waals surface area (Å²) in [4.78, 5) is 40.3. The van der Waals surface area contributed by atoms with Crippen LogP contribution in [0.1, 0.15) is 109 Å². The number of rotatable bonds is 12. The fourth-order valence-corrected chi connectivity index (χ4v) is 4.73. The van der Waals surface area contributed by atoms with Crippen molar-refractivity contribution in [1.29, 1.82) is 5.26 Å². The summed E-state index contributed by atoms with van der Waals surface area (Å²) in [6.45, 7) is 8.21. The Kier molecular flexibility index (Phi) is 9.13. The van der Waals surface area contributed by atoms with Crippen LogP contribution < -0.4 is 5.43 Å². The number of Topliss-reactive ketones (excluding diaryl/α,β-unsaturated/α-hetero) is 1. The predicted molar refractivity (Wildman–Crippen MR) is 141 cm³/mol. The SMILES string of the molecule is CCCCC(CC)c1ccc(C(=O)C(C#N)=NNc2cccc3c2C(=O)N(C(CC)CC)C3=O)cc1. The summed E-state index contributed by atoms with van der Waals surface area (Å²) in [5.41, 5.74) is 4.72. The van der Waals surface area contributed by atoms with Crippen LogP contribution >= 0.6 is 0 Å². The standard InChI is InChI=1S/C29H34N4O3/c1-5-9-11-19(6-2)20-14-16-21(17-15-20)27(34)25(18-30)32-31-24-13-10-12-23-26(24)29(36)33(28(23)35)22(7-3)8-4/h10,12-17,19,22,31H,5-9,11H2,1-4H3. The van der Waals surface area contributed by atoms with Crippen LogP contribution in [0.4, 0.5) is 5.69 Å². The topological polar surface area (TPSA) is 103 Å². The van der Waals surface area contributed by atoms with E-state index in [0.29, 0.717) is 29.9 Å². The Hall–Kier alpha value is -3.79. The number of imide groups is 1. The minimum absolute atomic E-state index is 0.192. The van der Waals surface area contributed by atoms with E-state index < -0.39 is 11.7 Å². The molecule has 1 atom stereocenters. The van der Waals surface area contributed by atoms with Crippen LogP contribution in [-0.4, -0.2) is 34.3 Å². The molecule has 2 amide bonds. The van der Waals surface area contributed by atoms with E-state index in [1.165, 1.54) is 10.5 Å². The summed E-state index contributed by atoms with van der Waals surface area (Å²) in [7, 11) is 0. The minimum Gasteiger partial charge on any atom is -0.286 e. The average Bonchev–Trinajstić information content (AvgIpc) is 3.16. The number of unbranched alkanes of at least 4 members (excludes halogenated alkanes) is 1. The zero-order chi connectivity index (χ0) is 26.2. The zero-order valence-electron chi connectivity index (χ0n) is 21.5. The van der Waals surface area contributed by atoms with Crippen LogP contribution in [-0.2, 0) is 0 Å². The van der Waals surface area contributed by atoms with E-state index in [4.69, 9.17) is 0 Å². The molecule has 2 aromatic rings. The lowest BCUT2D eigenvalue weighted by Crippen LogP contribution is -2.39. The summed E-state index contributed by atoms with van der Waals surface area (Å²) in [5, 5.41) is 13.6. The normalized spacial score (nSPS) is 14.1. The molecule has 0 fully saturated rings. The van der Waals surface area contributed by atoms with Crippen molar-refractivity contribution in [1.82, 2.24) is 4.90 Å². The van der Waals surface area contributed by atoms with E-state index in [9.17, 15) is 19.6 Å². The summed E-state index contributed by atoms with van der Waals surface area (Å²) >= 11 is 0. The van der Waals surface area contributed by atoms with E-state index in [-0.39, 0.29) is 28.9 Å². The molecule has 0 aromatic heterocycles. The maximum atomic E-state index is 13.1. The van der Waals surface area contributed by atoms with Gasteiger partial charge in [-0.1, -0.05) is 70.9 Å². The van der Waals surface area contributed by atoms with E-state index in [2.05, 4.69) is 24.4 Å². The number of amides is 2. The smallest absolute Gasteiger partial charge is 0.263 e. The number of hydrogen-bond acceptors (Lipinski definition) is 6. The highest BCUT2D eigenvalue weighted by atomic mass is 16.2. The summed E-state index contributed by atoms with van der Waals surface area (Å²) < 4.78 is 0. The third kappa shape index (κ3) is 5.38. The second-order valence-corrected chi connectivity index (χ2v) is 9.06. The molecule has 1 N–H and O–H groups in total. The Bertz CT molecular complexity index is 1190. The van der Waals surface area contributed by atoms with Crippen molar-refractivity contribution in [3.05, 3.63) is 64.7 Å². The Balaban J connectivity index is 1.82. The van der Waals surface area contributed by atoms with Crippen molar-refractivity contribution in [2.24, 2.45) is 5.10 Å². The van der Waals surface area contributed by atoms with Crippen LogP contribution in [0.5, 0.6) is 0 Å². The fraction of sp³-hybridized carbons (Fsp3) is 0.414. The Morgan fingerprint density at radius 1 is 1.00 bits per heavy atom. The number of hydrogen-bond donors (Lipinski definition) is 1. The first kappa shape index (κ1) is 26.8. The summed E-state index contributed by atoms with van der Waals surface area (Å²) in [6, 6.07) is 13.9. The molecule has 188 valence electrons. The number of carbonyl (C=O) groups excluding carboxylic acids is 3. The highest BCUT2D eigenvalue weighted by molar-refractivity contribution is 6.51. The minimum atomic E-state index is -0.508. The highest BCUT2D eigenvalue weighted by Crippen LogP contribution is 2.32. The second kappa shape index (κ2) is 12.3. The van der Waals surface area contributed by atoms with Crippen molar-refractivity contribution in [3.8, 4) is 6.07 Å². The first-order valence-electron chi connectivity index (χ1n) is 12.8. The van der Waals surface area contributed by atoms with Gasteiger partial charge < -0.3 is 0 Å². The average molecular weight is 487 g/mol. The number of nitriles is 1. The molecule has 0 radical (unpaired) electrons. The van der Waals surface area contributed by atoms with Crippen molar-refractivity contribution in [2.45, 2.75) is 78.2 Å². The lowest BCUT2D eigenvalue weighted by atomic mass is 9.90. The number of fused-ring (bicyclic) bond motifs is 1. The number of ketones is 1. The van der Waals surface area contributed by atoms with Gasteiger partial charge in [0.15, 0.2) is 0 Å². The van der Waals surface area contributed by atoms with Gasteiger partial charge in [0.1, 0.15) is 6.07 Å². The van der Waals surface area contributed by atoms with Gasteiger partial charge in [0.25, 0.3) is 11.8 Å². The summed E-state index contributed by atoms with van der Waals surface area (Å²) in [6.07, 6.45) is 5.75. The molecular formula is C29H34N4O3. The van der Waals surface area contributed by atoms with E-state index >= 15 is 0 Å². The van der Waals surface area contributed by atoms with Crippen LogP contribution in [0, 0.1) is 11.3 Å². The van der Waals surface area contributed by atoms with Gasteiger partial charge in [-0.05, 0) is 49.3 Å². The van der Waals surface area contributed by atoms with E-state index in [1.54, 1.807) is 30.3 Å². The number of carbonyl (C=O) groups is 3. The van der Waals surface area contributed by atoms with Crippen LogP contribution in [0.2, 0.25) is 0 Å². The number of nitrogens with one attached hydrogen (secondary N) is 1. The third-order valence-corrected chi connectivity index (χ3v) is 6.91. The molecule has 1 unspecified atom stereocenters. The Morgan fingerprint density at radius 3 is 2.28 bits per heavy atom. The molecule has 7 heteroatoms. The second-order valence-electron chi connectivity index (χ2n) is 9.06. The van der Waals surface area contributed by atoms with E-state index in [1.807, 2.05) is 32.0 Å². The molecule has 0 bridgehead atoms. The molecule has 0 saturated heterocycles. The van der Waals surface area contributed by atoms with Gasteiger partial charge in [-0.2, -0.15) is 10.4 Å². The molecule has 3 rings (SSSR count). The predicted octanol–water partition coefficient (Wildman–Crippen LogP) is 6.33. The lowest BCUT2D eigenvalue weighted by Gasteiger charge is -2.23. The Labute approximate surface area is 213 Å². The number of anilines is 1. The van der Waals surface area contributed by atoms with E-state index in [0.717, 1.165) is 25.7 Å². The van der Waals surface area contributed by atoms with Gasteiger partial charge in [0.05, 0.1) is 16.8 Å². The van der Waals surface area contributed by atoms with Gasteiger partial charge in [-0.3, -0.25) is 24.7 Å². The zero-order valence-corrected chi connectivity index (χ0v) is 21.5. The van der Waals surface area contributed by atoms with Crippen LogP contribution in [0.3, 0.4) is 0 Å². The van der Waals surface area contributed by atoms with Gasteiger partial charge in [-0.15, -0.1) is 0 Å². The lowest BCUT2D eigenvalue weighted by molar-refractivity contribution is 0.0576. The largest absolute Gasteiger partial charge is 0.286 e. The number of benzene rings is 2. The van der Waals surface area contributed by atoms with Gasteiger partial charge in [-0.25, -0.2) is 0 Å². The summed E-state index contributed by atoms with van der Waals surface area (Å²) in [5.74, 6) is -0.792. The number of nitrogens with zero attached hydrogens (tertiary/aromatic N) is 3. The molecule has 1 heterocycles. The van der Waals surface area contributed by atoms with Crippen LogP contribution in [0.15, 0.2) is 47.6 Å². The molecule has 36 heavy (non-hydrogen) atoms. The number of hydrazone groups is 1. The van der Waals surface area contributed by atoms with Crippen molar-refractivity contribution in [2.75, 3.05) is 5.43 Å². The Morgan fingerprint density at radius 2 is 1.69 bits per heavy atom. The molecule has 0 saturated carbocycles. The molecular weight excluding hydrogens is 452 g/mol.